The number of carbonyl (C=O) groups excluding carboxylic acids is 2. The van der Waals surface area contributed by atoms with E-state index in [1.54, 1.807) is 35.6 Å². The highest BCUT2D eigenvalue weighted by atomic mass is 16.5. The first-order valence-corrected chi connectivity index (χ1v) is 12.0. The van der Waals surface area contributed by atoms with Gasteiger partial charge in [0.2, 0.25) is 0 Å². The average molecular weight is 477 g/mol. The van der Waals surface area contributed by atoms with Gasteiger partial charge in [-0.3, -0.25) is 14.0 Å². The maximum Gasteiger partial charge on any atom is 0.295 e. The van der Waals surface area contributed by atoms with Crippen molar-refractivity contribution in [1.82, 2.24) is 19.2 Å². The molecular formula is C27H32N4O4. The summed E-state index contributed by atoms with van der Waals surface area (Å²) >= 11 is 0. The average Bonchev–Trinajstić information content (AvgIpc) is 3.34. The van der Waals surface area contributed by atoms with E-state index in [1.807, 2.05) is 36.4 Å². The summed E-state index contributed by atoms with van der Waals surface area (Å²) in [6.45, 7) is 9.00. The van der Waals surface area contributed by atoms with E-state index in [-0.39, 0.29) is 11.3 Å². The summed E-state index contributed by atoms with van der Waals surface area (Å²) in [4.78, 5) is 35.0. The third-order valence-electron chi connectivity index (χ3n) is 6.67. The number of rotatable bonds is 9. The van der Waals surface area contributed by atoms with Gasteiger partial charge in [-0.1, -0.05) is 38.1 Å². The molecule has 1 fully saturated rings. The number of aliphatic hydroxyl groups is 1. The zero-order valence-corrected chi connectivity index (χ0v) is 20.7. The topological polar surface area (TPSA) is 87.4 Å². The molecule has 0 aliphatic carbocycles. The van der Waals surface area contributed by atoms with Gasteiger partial charge in [0.1, 0.15) is 17.1 Å². The molecule has 1 saturated heterocycles. The minimum Gasteiger partial charge on any atom is -0.505 e. The lowest BCUT2D eigenvalue weighted by molar-refractivity contribution is -0.140. The van der Waals surface area contributed by atoms with Crippen LogP contribution >= 0.6 is 0 Å². The molecule has 2 aromatic heterocycles. The molecule has 184 valence electrons. The molecule has 1 aromatic carbocycles. The van der Waals surface area contributed by atoms with Gasteiger partial charge in [-0.25, -0.2) is 4.98 Å². The van der Waals surface area contributed by atoms with Crippen LogP contribution in [-0.4, -0.2) is 69.3 Å². The SMILES string of the molecule is CCN(CC)CCCN1C(=O)C(=O)/C(=C(\O)c2c(C)nc3ccccn23)C1c1ccccc1OC. The number of hydrogen-bond donors (Lipinski definition) is 1. The van der Waals surface area contributed by atoms with Gasteiger partial charge in [0, 0.05) is 18.3 Å². The summed E-state index contributed by atoms with van der Waals surface area (Å²) in [5.74, 6) is -1.00. The van der Waals surface area contributed by atoms with Crippen LogP contribution in [0.3, 0.4) is 0 Å². The smallest absolute Gasteiger partial charge is 0.295 e. The van der Waals surface area contributed by atoms with Gasteiger partial charge >= 0.3 is 0 Å². The predicted octanol–water partition coefficient (Wildman–Crippen LogP) is 3.80. The zero-order chi connectivity index (χ0) is 25.1. The molecule has 0 spiro atoms. The number of para-hydroxylation sites is 1. The molecule has 1 atom stereocenters. The van der Waals surface area contributed by atoms with Crippen molar-refractivity contribution >= 4 is 23.1 Å². The maximum absolute atomic E-state index is 13.4. The first-order valence-electron chi connectivity index (χ1n) is 12.0. The minimum atomic E-state index is -0.767. The Bertz CT molecular complexity index is 1280. The number of aryl methyl sites for hydroxylation is 1. The highest BCUT2D eigenvalue weighted by molar-refractivity contribution is 6.46. The van der Waals surface area contributed by atoms with Gasteiger partial charge in [-0.05, 0) is 51.2 Å². The number of ether oxygens (including phenoxy) is 1. The number of benzene rings is 1. The molecule has 8 heteroatoms. The normalized spacial score (nSPS) is 17.6. The molecule has 3 aromatic rings. The largest absolute Gasteiger partial charge is 0.505 e. The Morgan fingerprint density at radius 1 is 1.11 bits per heavy atom. The van der Waals surface area contributed by atoms with Gasteiger partial charge in [0.15, 0.2) is 5.76 Å². The van der Waals surface area contributed by atoms with Crippen LogP contribution in [0.2, 0.25) is 0 Å². The summed E-state index contributed by atoms with van der Waals surface area (Å²) in [5.41, 5.74) is 2.33. The number of pyridine rings is 1. The summed E-state index contributed by atoms with van der Waals surface area (Å²) in [7, 11) is 1.56. The molecule has 1 unspecified atom stereocenters. The number of methoxy groups -OCH3 is 1. The molecular weight excluding hydrogens is 444 g/mol. The van der Waals surface area contributed by atoms with E-state index in [9.17, 15) is 14.7 Å². The zero-order valence-electron chi connectivity index (χ0n) is 20.7. The van der Waals surface area contributed by atoms with E-state index in [1.165, 1.54) is 0 Å². The quantitative estimate of drug-likeness (QED) is 0.287. The second-order valence-corrected chi connectivity index (χ2v) is 8.59. The molecule has 1 N–H and O–H groups in total. The Morgan fingerprint density at radius 3 is 2.54 bits per heavy atom. The molecule has 1 aliphatic heterocycles. The molecule has 3 heterocycles. The number of aliphatic hydroxyl groups excluding tert-OH is 1. The number of hydrogen-bond acceptors (Lipinski definition) is 6. The van der Waals surface area contributed by atoms with E-state index in [4.69, 9.17) is 4.74 Å². The molecule has 0 radical (unpaired) electrons. The first-order chi connectivity index (χ1) is 16.9. The van der Waals surface area contributed by atoms with Crippen LogP contribution in [0.1, 0.15) is 43.3 Å². The van der Waals surface area contributed by atoms with Crippen molar-refractivity contribution in [3.05, 3.63) is 71.2 Å². The minimum absolute atomic E-state index is 0.0519. The van der Waals surface area contributed by atoms with E-state index >= 15 is 0 Å². The molecule has 8 nitrogen and oxygen atoms in total. The van der Waals surface area contributed by atoms with Crippen molar-refractivity contribution < 1.29 is 19.4 Å². The Balaban J connectivity index is 1.85. The van der Waals surface area contributed by atoms with Crippen molar-refractivity contribution in [1.29, 1.82) is 0 Å². The second kappa shape index (κ2) is 10.3. The number of nitrogens with zero attached hydrogens (tertiary/aromatic N) is 4. The second-order valence-electron chi connectivity index (χ2n) is 8.59. The van der Waals surface area contributed by atoms with Crippen LogP contribution in [0.25, 0.3) is 11.4 Å². The molecule has 0 saturated carbocycles. The van der Waals surface area contributed by atoms with Gasteiger partial charge in [0.25, 0.3) is 11.7 Å². The number of fused-ring (bicyclic) bond motifs is 1. The van der Waals surface area contributed by atoms with E-state index in [0.29, 0.717) is 41.3 Å². The number of carbonyl (C=O) groups is 2. The Kier molecular flexibility index (Phi) is 7.21. The number of amides is 1. The summed E-state index contributed by atoms with van der Waals surface area (Å²) < 4.78 is 7.32. The van der Waals surface area contributed by atoms with Crippen LogP contribution in [0.15, 0.2) is 54.2 Å². The molecule has 1 amide bonds. The fraction of sp³-hybridized carbons (Fsp3) is 0.370. The standard InChI is InChI=1S/C27H32N4O4/c1-5-29(6-2)15-11-17-31-24(19-12-7-8-13-20(19)35-4)22(26(33)27(31)34)25(32)23-18(3)28-21-14-9-10-16-30(21)23/h7-10,12-14,16,24,32H,5-6,11,15,17H2,1-4H3/b25-22-. The summed E-state index contributed by atoms with van der Waals surface area (Å²) in [5, 5.41) is 11.5. The van der Waals surface area contributed by atoms with Crippen molar-refractivity contribution in [3.63, 3.8) is 0 Å². The third-order valence-corrected chi connectivity index (χ3v) is 6.67. The molecule has 35 heavy (non-hydrogen) atoms. The maximum atomic E-state index is 13.4. The fourth-order valence-corrected chi connectivity index (χ4v) is 4.86. The molecule has 1 aliphatic rings. The number of ketones is 1. The van der Waals surface area contributed by atoms with Crippen LogP contribution in [0.4, 0.5) is 0 Å². The van der Waals surface area contributed by atoms with Crippen molar-refractivity contribution in [2.45, 2.75) is 33.2 Å². The van der Waals surface area contributed by atoms with Gasteiger partial charge in [0.05, 0.1) is 24.4 Å². The van der Waals surface area contributed by atoms with Crippen molar-refractivity contribution in [2.75, 3.05) is 33.3 Å². The van der Waals surface area contributed by atoms with Crippen molar-refractivity contribution in [2.24, 2.45) is 0 Å². The lowest BCUT2D eigenvalue weighted by Crippen LogP contribution is -2.33. The Morgan fingerprint density at radius 2 is 1.83 bits per heavy atom. The van der Waals surface area contributed by atoms with Gasteiger partial charge in [-0.2, -0.15) is 0 Å². The number of Topliss-reactive ketones (excluding diaryl/α,β-unsaturated/α-hetero) is 1. The predicted molar refractivity (Wildman–Crippen MR) is 134 cm³/mol. The van der Waals surface area contributed by atoms with Gasteiger partial charge < -0.3 is 19.6 Å². The Hall–Kier alpha value is -3.65. The third kappa shape index (κ3) is 4.41. The molecule has 0 bridgehead atoms. The summed E-state index contributed by atoms with van der Waals surface area (Å²) in [6.07, 6.45) is 2.48. The first kappa shape index (κ1) is 24.5. The highest BCUT2D eigenvalue weighted by Crippen LogP contribution is 2.43. The highest BCUT2D eigenvalue weighted by Gasteiger charge is 2.47. The van der Waals surface area contributed by atoms with E-state index in [0.717, 1.165) is 19.6 Å². The Labute approximate surface area is 205 Å². The number of likely N-dealkylation sites (tertiary alicyclic amines) is 1. The van der Waals surface area contributed by atoms with E-state index < -0.39 is 17.7 Å². The van der Waals surface area contributed by atoms with Gasteiger partial charge in [-0.15, -0.1) is 0 Å². The fourth-order valence-electron chi connectivity index (χ4n) is 4.86. The van der Waals surface area contributed by atoms with Crippen LogP contribution < -0.4 is 4.74 Å². The lowest BCUT2D eigenvalue weighted by Gasteiger charge is -2.27. The van der Waals surface area contributed by atoms with E-state index in [2.05, 4.69) is 23.7 Å². The van der Waals surface area contributed by atoms with Crippen LogP contribution in [0, 0.1) is 6.92 Å². The van der Waals surface area contributed by atoms with Crippen LogP contribution in [-0.2, 0) is 9.59 Å². The summed E-state index contributed by atoms with van der Waals surface area (Å²) in [6, 6.07) is 12.1. The number of aromatic nitrogens is 2. The lowest BCUT2D eigenvalue weighted by atomic mass is 9.95. The molecule has 4 rings (SSSR count). The number of imidazole rings is 1. The van der Waals surface area contributed by atoms with Crippen molar-refractivity contribution in [3.8, 4) is 5.75 Å². The van der Waals surface area contributed by atoms with Crippen LogP contribution in [0.5, 0.6) is 5.75 Å². The monoisotopic (exact) mass is 476 g/mol.